The summed E-state index contributed by atoms with van der Waals surface area (Å²) in [4.78, 5) is 23.5. The van der Waals surface area contributed by atoms with Crippen LogP contribution in [0.15, 0.2) is 23.1 Å². The van der Waals surface area contributed by atoms with Crippen LogP contribution in [-0.4, -0.2) is 21.3 Å². The Bertz CT molecular complexity index is 873. The smallest absolute Gasteiger partial charge is 0.381 e. The van der Waals surface area contributed by atoms with Crippen LogP contribution in [0, 0.1) is 20.2 Å². The minimum atomic E-state index is -5.23. The van der Waals surface area contributed by atoms with Crippen LogP contribution in [0.3, 0.4) is 0 Å². The Morgan fingerprint density at radius 2 is 1.85 bits per heavy atom. The van der Waals surface area contributed by atoms with Gasteiger partial charge in [-0.25, -0.2) is 9.38 Å². The van der Waals surface area contributed by atoms with Crippen LogP contribution in [0.2, 0.25) is 5.02 Å². The number of anilines is 1. The van der Waals surface area contributed by atoms with Crippen molar-refractivity contribution in [3.8, 4) is 0 Å². The van der Waals surface area contributed by atoms with Crippen LogP contribution < -0.4 is 10.6 Å². The summed E-state index contributed by atoms with van der Waals surface area (Å²) >= 11 is 11.2. The molecule has 1 heterocycles. The lowest BCUT2D eigenvalue weighted by atomic mass is 10.1. The standard InChI is InChI=1S/C11H5Cl2F4N5O4/c12-6-3(11(15,16)17)1-5(21(23)24)7(8(6)22(25)26)20-2-4(14)9(18)19-10(20)13/h1-2,10H,(H2,18,19). The number of hydrogen-bond donors (Lipinski definition) is 1. The number of nitro groups is 2. The molecule has 0 fully saturated rings. The van der Waals surface area contributed by atoms with E-state index in [-0.39, 0.29) is 6.07 Å². The zero-order chi connectivity index (χ0) is 20.0. The summed E-state index contributed by atoms with van der Waals surface area (Å²) in [6.07, 6.45) is -4.80. The van der Waals surface area contributed by atoms with Crippen LogP contribution in [0.1, 0.15) is 5.56 Å². The van der Waals surface area contributed by atoms with E-state index in [2.05, 4.69) is 4.99 Å². The van der Waals surface area contributed by atoms with E-state index >= 15 is 0 Å². The van der Waals surface area contributed by atoms with Gasteiger partial charge in [0.1, 0.15) is 5.02 Å². The number of benzene rings is 1. The van der Waals surface area contributed by atoms with Crippen LogP contribution >= 0.6 is 23.2 Å². The lowest BCUT2D eigenvalue weighted by Gasteiger charge is -2.26. The lowest BCUT2D eigenvalue weighted by molar-refractivity contribution is -0.392. The van der Waals surface area contributed by atoms with Gasteiger partial charge in [0.05, 0.1) is 15.4 Å². The molecule has 0 spiro atoms. The van der Waals surface area contributed by atoms with E-state index in [0.717, 1.165) is 0 Å². The molecule has 15 heteroatoms. The molecule has 1 aliphatic heterocycles. The molecule has 140 valence electrons. The van der Waals surface area contributed by atoms with Crippen molar-refractivity contribution in [2.24, 2.45) is 10.7 Å². The molecular formula is C11H5Cl2F4N5O4. The second kappa shape index (κ2) is 6.57. The lowest BCUT2D eigenvalue weighted by Crippen LogP contribution is -2.33. The monoisotopic (exact) mass is 417 g/mol. The Hall–Kier alpha value is -2.67. The number of halogens is 6. The van der Waals surface area contributed by atoms with Crippen molar-refractivity contribution in [1.29, 1.82) is 0 Å². The highest BCUT2D eigenvalue weighted by molar-refractivity contribution is 6.34. The number of nitrogens with two attached hydrogens (primary N) is 1. The molecule has 1 aromatic carbocycles. The Balaban J connectivity index is 2.91. The molecule has 1 aromatic rings. The minimum absolute atomic E-state index is 0.0122. The summed E-state index contributed by atoms with van der Waals surface area (Å²) in [5.74, 6) is -1.97. The molecule has 26 heavy (non-hydrogen) atoms. The predicted molar refractivity (Wildman–Crippen MR) is 82.7 cm³/mol. The fourth-order valence-corrected chi connectivity index (χ4v) is 2.63. The molecule has 0 aliphatic carbocycles. The molecule has 1 atom stereocenters. The first-order valence-corrected chi connectivity index (χ1v) is 7.03. The zero-order valence-corrected chi connectivity index (χ0v) is 13.5. The number of nitro benzene ring substituents is 2. The van der Waals surface area contributed by atoms with Gasteiger partial charge in [0.2, 0.25) is 11.3 Å². The highest BCUT2D eigenvalue weighted by Crippen LogP contribution is 2.50. The predicted octanol–water partition coefficient (Wildman–Crippen LogP) is 3.69. The average Bonchev–Trinajstić information content (AvgIpc) is 2.48. The largest absolute Gasteiger partial charge is 0.418 e. The van der Waals surface area contributed by atoms with Crippen molar-refractivity contribution >= 4 is 46.1 Å². The van der Waals surface area contributed by atoms with E-state index in [4.69, 9.17) is 28.9 Å². The number of amidine groups is 1. The van der Waals surface area contributed by atoms with E-state index in [1.54, 1.807) is 0 Å². The summed E-state index contributed by atoms with van der Waals surface area (Å²) in [6.45, 7) is 0. The number of hydrogen-bond acceptors (Lipinski definition) is 7. The highest BCUT2D eigenvalue weighted by Gasteiger charge is 2.44. The summed E-state index contributed by atoms with van der Waals surface area (Å²) in [6, 6.07) is -0.0122. The molecule has 2 N–H and O–H groups in total. The first-order valence-electron chi connectivity index (χ1n) is 6.22. The third-order valence-corrected chi connectivity index (χ3v) is 3.80. The van der Waals surface area contributed by atoms with Gasteiger partial charge < -0.3 is 5.73 Å². The number of nitrogens with zero attached hydrogens (tertiary/aromatic N) is 4. The van der Waals surface area contributed by atoms with Gasteiger partial charge in [-0.3, -0.25) is 25.1 Å². The fraction of sp³-hybridized carbons (Fsp3) is 0.182. The molecule has 1 unspecified atom stereocenters. The van der Waals surface area contributed by atoms with Crippen molar-refractivity contribution in [3.63, 3.8) is 0 Å². The number of alkyl halides is 4. The fourth-order valence-electron chi connectivity index (χ4n) is 2.05. The van der Waals surface area contributed by atoms with Crippen LogP contribution in [0.4, 0.5) is 34.6 Å². The van der Waals surface area contributed by atoms with Crippen LogP contribution in [0.25, 0.3) is 0 Å². The maximum atomic E-state index is 13.7. The average molecular weight is 418 g/mol. The Labute approximate surface area is 150 Å². The SMILES string of the molecule is NC1=NC(Cl)N(c2c([N+](=O)[O-])cc(C(F)(F)F)c(Cl)c2[N+](=O)[O-])C=C1F. The van der Waals surface area contributed by atoms with Crippen molar-refractivity contribution in [2.45, 2.75) is 11.8 Å². The molecule has 0 bridgehead atoms. The molecule has 0 saturated carbocycles. The molecule has 0 aromatic heterocycles. The zero-order valence-electron chi connectivity index (χ0n) is 12.0. The summed E-state index contributed by atoms with van der Waals surface area (Å²) in [7, 11) is 0. The van der Waals surface area contributed by atoms with E-state index in [1.807, 2.05) is 0 Å². The van der Waals surface area contributed by atoms with Gasteiger partial charge in [0.25, 0.3) is 0 Å². The van der Waals surface area contributed by atoms with Gasteiger partial charge in [0, 0.05) is 12.3 Å². The minimum Gasteiger partial charge on any atom is -0.381 e. The second-order valence-electron chi connectivity index (χ2n) is 4.68. The summed E-state index contributed by atoms with van der Waals surface area (Å²) < 4.78 is 52.7. The van der Waals surface area contributed by atoms with E-state index < -0.39 is 61.0 Å². The molecule has 0 saturated heterocycles. The molecule has 0 amide bonds. The van der Waals surface area contributed by atoms with Crippen molar-refractivity contribution in [2.75, 3.05) is 4.90 Å². The van der Waals surface area contributed by atoms with Crippen LogP contribution in [-0.2, 0) is 6.18 Å². The number of aliphatic imine (C=N–C) groups is 1. The Kier molecular flexibility index (Phi) is 4.96. The van der Waals surface area contributed by atoms with Gasteiger partial charge in [-0.05, 0) is 0 Å². The summed E-state index contributed by atoms with van der Waals surface area (Å²) in [5, 5.41) is 21.1. The van der Waals surface area contributed by atoms with Gasteiger partial charge in [-0.15, -0.1) is 0 Å². The quantitative estimate of drug-likeness (QED) is 0.262. The van der Waals surface area contributed by atoms with Crippen LogP contribution in [0.5, 0.6) is 0 Å². The molecule has 0 radical (unpaired) electrons. The van der Waals surface area contributed by atoms with E-state index in [9.17, 15) is 37.8 Å². The third-order valence-electron chi connectivity index (χ3n) is 3.11. The maximum Gasteiger partial charge on any atom is 0.418 e. The van der Waals surface area contributed by atoms with Crippen molar-refractivity contribution in [1.82, 2.24) is 0 Å². The second-order valence-corrected chi connectivity index (χ2v) is 5.44. The maximum absolute atomic E-state index is 13.7. The first-order chi connectivity index (χ1) is 11.9. The molecular weight excluding hydrogens is 413 g/mol. The normalized spacial score (nSPS) is 17.6. The highest BCUT2D eigenvalue weighted by atomic mass is 35.5. The first kappa shape index (κ1) is 19.7. The van der Waals surface area contributed by atoms with E-state index in [0.29, 0.717) is 11.1 Å². The van der Waals surface area contributed by atoms with Gasteiger partial charge in [0.15, 0.2) is 11.7 Å². The molecule has 2 rings (SSSR count). The topological polar surface area (TPSA) is 128 Å². The molecule has 1 aliphatic rings. The Morgan fingerprint density at radius 3 is 2.31 bits per heavy atom. The molecule has 9 nitrogen and oxygen atoms in total. The number of rotatable bonds is 3. The summed E-state index contributed by atoms with van der Waals surface area (Å²) in [5.41, 5.74) is -2.29. The van der Waals surface area contributed by atoms with E-state index in [1.165, 1.54) is 0 Å². The van der Waals surface area contributed by atoms with Gasteiger partial charge in [-0.2, -0.15) is 13.2 Å². The Morgan fingerprint density at radius 1 is 1.27 bits per heavy atom. The van der Waals surface area contributed by atoms with Gasteiger partial charge >= 0.3 is 17.6 Å². The van der Waals surface area contributed by atoms with Gasteiger partial charge in [-0.1, -0.05) is 23.2 Å². The van der Waals surface area contributed by atoms with Crippen molar-refractivity contribution in [3.05, 3.63) is 48.9 Å². The third kappa shape index (κ3) is 3.35. The van der Waals surface area contributed by atoms with Crippen molar-refractivity contribution < 1.29 is 27.4 Å².